The second-order valence-corrected chi connectivity index (χ2v) is 6.84. The van der Waals surface area contributed by atoms with Gasteiger partial charge in [-0.15, -0.1) is 0 Å². The molecule has 0 aromatic heterocycles. The van der Waals surface area contributed by atoms with Crippen molar-refractivity contribution in [3.05, 3.63) is 66.1 Å². The van der Waals surface area contributed by atoms with Crippen LogP contribution in [0.15, 0.2) is 46.4 Å². The second-order valence-electron chi connectivity index (χ2n) is 6.84. The molecule has 2 rings (SSSR count). The number of benzene rings is 2. The maximum absolute atomic E-state index is 4.51. The van der Waals surface area contributed by atoms with E-state index in [4.69, 9.17) is 0 Å². The summed E-state index contributed by atoms with van der Waals surface area (Å²) < 4.78 is 0. The molecule has 152 valence electrons. The van der Waals surface area contributed by atoms with Crippen LogP contribution in [0.25, 0.3) is 0 Å². The molecule has 27 heavy (non-hydrogen) atoms. The number of nitrogens with zero attached hydrogens (tertiary/aromatic N) is 2. The van der Waals surface area contributed by atoms with Gasteiger partial charge < -0.3 is 7.43 Å². The van der Waals surface area contributed by atoms with E-state index >= 15 is 0 Å². The first-order valence-corrected chi connectivity index (χ1v) is 9.06. The minimum Gasteiger partial charge on any atom is -0.358 e. The minimum absolute atomic E-state index is 0. The summed E-state index contributed by atoms with van der Waals surface area (Å²) in [5, 5.41) is 0. The summed E-state index contributed by atoms with van der Waals surface area (Å²) in [7, 11) is 0. The van der Waals surface area contributed by atoms with Gasteiger partial charge in [-0.05, 0) is 55.9 Å². The van der Waals surface area contributed by atoms with Crippen LogP contribution in [0.1, 0.15) is 49.4 Å². The molecular formula is C24H35N2Ni-. The molecule has 0 saturated heterocycles. The van der Waals surface area contributed by atoms with Gasteiger partial charge in [0.05, 0.1) is 11.4 Å². The molecule has 0 N–H and O–H groups in total. The fraction of sp³-hybridized carbons (Fsp3) is 0.375. The van der Waals surface area contributed by atoms with Crippen LogP contribution in [-0.4, -0.2) is 12.4 Å². The van der Waals surface area contributed by atoms with Gasteiger partial charge in [-0.1, -0.05) is 63.6 Å². The van der Waals surface area contributed by atoms with Crippen LogP contribution in [0.4, 0.5) is 11.4 Å². The Balaban J connectivity index is 0. The first-order valence-electron chi connectivity index (χ1n) is 9.06. The quantitative estimate of drug-likeness (QED) is 0.283. The Kier molecular flexibility index (Phi) is 14.6. The summed E-state index contributed by atoms with van der Waals surface area (Å²) in [5.74, 6) is 0.884. The van der Waals surface area contributed by atoms with Crippen molar-refractivity contribution in [1.29, 1.82) is 0 Å². The number of hydrogen-bond donors (Lipinski definition) is 0. The van der Waals surface area contributed by atoms with Gasteiger partial charge in [-0.2, -0.15) is 0 Å². The Labute approximate surface area is 177 Å². The number of para-hydroxylation sites is 2. The molecule has 0 fully saturated rings. The summed E-state index contributed by atoms with van der Waals surface area (Å²) in [6.45, 7) is 14.9. The summed E-state index contributed by atoms with van der Waals surface area (Å²) in [5.41, 5.74) is 6.79. The van der Waals surface area contributed by atoms with Gasteiger partial charge in [0, 0.05) is 28.9 Å². The van der Waals surface area contributed by atoms with Crippen LogP contribution in [0, 0.1) is 41.0 Å². The van der Waals surface area contributed by atoms with E-state index in [1.54, 1.807) is 12.4 Å². The number of aliphatic imine (C=N–C) groups is 2. The Morgan fingerprint density at radius 3 is 1.22 bits per heavy atom. The SMILES string of the molecule is CCC(C)C.Cc1cccc(C)c1N=CC=Nc1c(C)cccc1C.[CH3-].[Ni]. The van der Waals surface area contributed by atoms with Gasteiger partial charge in [-0.3, -0.25) is 9.98 Å². The van der Waals surface area contributed by atoms with Gasteiger partial charge in [0.1, 0.15) is 0 Å². The Morgan fingerprint density at radius 1 is 0.741 bits per heavy atom. The predicted molar refractivity (Wildman–Crippen MR) is 120 cm³/mol. The van der Waals surface area contributed by atoms with Crippen molar-refractivity contribution in [2.75, 3.05) is 0 Å². The Bertz CT molecular complexity index is 631. The monoisotopic (exact) mass is 409 g/mol. The molecule has 2 aromatic carbocycles. The molecule has 0 spiro atoms. The average molecular weight is 410 g/mol. The van der Waals surface area contributed by atoms with E-state index in [-0.39, 0.29) is 23.9 Å². The molecule has 0 atom stereocenters. The summed E-state index contributed by atoms with van der Waals surface area (Å²) >= 11 is 0. The van der Waals surface area contributed by atoms with Crippen LogP contribution in [0.5, 0.6) is 0 Å². The molecule has 0 aliphatic carbocycles. The molecular weight excluding hydrogens is 375 g/mol. The third kappa shape index (κ3) is 9.68. The molecule has 3 heteroatoms. The van der Waals surface area contributed by atoms with Crippen molar-refractivity contribution in [2.24, 2.45) is 15.9 Å². The van der Waals surface area contributed by atoms with Gasteiger partial charge in [0.2, 0.25) is 0 Å². The maximum atomic E-state index is 4.51. The van der Waals surface area contributed by atoms with Gasteiger partial charge >= 0.3 is 0 Å². The molecule has 0 heterocycles. The van der Waals surface area contributed by atoms with E-state index in [2.05, 4.69) is 94.8 Å². The van der Waals surface area contributed by atoms with Gasteiger partial charge in [0.15, 0.2) is 0 Å². The molecule has 2 nitrogen and oxygen atoms in total. The van der Waals surface area contributed by atoms with Crippen LogP contribution in [0.3, 0.4) is 0 Å². The van der Waals surface area contributed by atoms with Crippen molar-refractivity contribution < 1.29 is 16.5 Å². The first kappa shape index (κ1) is 27.5. The smallest absolute Gasteiger partial charge is 0.0688 e. The topological polar surface area (TPSA) is 24.7 Å². The van der Waals surface area contributed by atoms with Crippen LogP contribution >= 0.6 is 0 Å². The second kappa shape index (κ2) is 14.3. The van der Waals surface area contributed by atoms with Crippen LogP contribution in [0.2, 0.25) is 0 Å². The normalized spacial score (nSPS) is 10.4. The molecule has 0 amide bonds. The van der Waals surface area contributed by atoms with Crippen molar-refractivity contribution >= 4 is 23.8 Å². The molecule has 0 bridgehead atoms. The van der Waals surface area contributed by atoms with E-state index in [1.807, 2.05) is 0 Å². The number of hydrogen-bond acceptors (Lipinski definition) is 2. The largest absolute Gasteiger partial charge is 0.358 e. The van der Waals surface area contributed by atoms with E-state index in [0.717, 1.165) is 17.3 Å². The Hall–Kier alpha value is -1.73. The molecule has 0 radical (unpaired) electrons. The van der Waals surface area contributed by atoms with Crippen molar-refractivity contribution in [1.82, 2.24) is 0 Å². The third-order valence-corrected chi connectivity index (χ3v) is 4.17. The number of aryl methyl sites for hydroxylation is 4. The minimum atomic E-state index is 0. The van der Waals surface area contributed by atoms with Crippen molar-refractivity contribution in [3.8, 4) is 0 Å². The molecule has 0 aliphatic rings. The summed E-state index contributed by atoms with van der Waals surface area (Å²) in [4.78, 5) is 9.01. The summed E-state index contributed by atoms with van der Waals surface area (Å²) in [6.07, 6.45) is 4.84. The maximum Gasteiger partial charge on any atom is 0.0688 e. The summed E-state index contributed by atoms with van der Waals surface area (Å²) in [6, 6.07) is 12.4. The van der Waals surface area contributed by atoms with Crippen molar-refractivity contribution in [2.45, 2.75) is 54.9 Å². The standard InChI is InChI=1S/C18H20N2.C5H12.CH3.Ni/c1-13-7-5-8-14(2)17(13)19-11-12-20-18-15(3)9-6-10-16(18)4;1-4-5(2)3;;/h5-12H,1-4H3;5H,4H2,1-3H3;1H3;/q;;-1;. The van der Waals surface area contributed by atoms with Crippen molar-refractivity contribution in [3.63, 3.8) is 0 Å². The van der Waals surface area contributed by atoms with Gasteiger partial charge in [0.25, 0.3) is 0 Å². The van der Waals surface area contributed by atoms with Gasteiger partial charge in [-0.25, -0.2) is 0 Å². The fourth-order valence-electron chi connectivity index (χ4n) is 2.23. The molecule has 0 aliphatic heterocycles. The van der Waals surface area contributed by atoms with E-state index < -0.39 is 0 Å². The molecule has 2 aromatic rings. The van der Waals surface area contributed by atoms with E-state index in [1.165, 1.54) is 28.7 Å². The first-order chi connectivity index (χ1) is 11.9. The molecule has 0 unspecified atom stereocenters. The zero-order valence-corrected chi connectivity index (χ0v) is 19.1. The molecule has 0 saturated carbocycles. The fourth-order valence-corrected chi connectivity index (χ4v) is 2.23. The van der Waals surface area contributed by atoms with Crippen LogP contribution in [-0.2, 0) is 16.5 Å². The zero-order valence-electron chi connectivity index (χ0n) is 18.1. The van der Waals surface area contributed by atoms with Crippen LogP contribution < -0.4 is 0 Å². The zero-order chi connectivity index (χ0) is 18.8. The van der Waals surface area contributed by atoms with E-state index in [9.17, 15) is 0 Å². The number of rotatable bonds is 4. The Morgan fingerprint density at radius 2 is 1.00 bits per heavy atom. The third-order valence-electron chi connectivity index (χ3n) is 4.17. The predicted octanol–water partition coefficient (Wildman–Crippen LogP) is 7.53. The average Bonchev–Trinajstić information content (AvgIpc) is 2.56. The van der Waals surface area contributed by atoms with E-state index in [0.29, 0.717) is 0 Å².